The molecule has 6 heteroatoms. The second-order valence-corrected chi connectivity index (χ2v) is 6.06. The molecule has 0 fully saturated rings. The van der Waals surface area contributed by atoms with Crippen LogP contribution in [-0.4, -0.2) is 26.0 Å². The summed E-state index contributed by atoms with van der Waals surface area (Å²) < 4.78 is 25.9. The number of rotatable bonds is 6. The number of aromatic amines is 1. The quantitative estimate of drug-likeness (QED) is 0.688. The summed E-state index contributed by atoms with van der Waals surface area (Å²) in [6.45, 7) is 4.38. The van der Waals surface area contributed by atoms with Gasteiger partial charge in [0.1, 0.15) is 0 Å². The molecule has 1 unspecified atom stereocenters. The van der Waals surface area contributed by atoms with E-state index in [9.17, 15) is 8.42 Å². The summed E-state index contributed by atoms with van der Waals surface area (Å²) in [7, 11) is -3.41. The lowest BCUT2D eigenvalue weighted by Gasteiger charge is -2.14. The Morgan fingerprint density at radius 2 is 2.19 bits per heavy atom. The summed E-state index contributed by atoms with van der Waals surface area (Å²) in [6, 6.07) is 1.37. The fraction of sp³-hybridized carbons (Fsp3) is 0.600. The Balaban J connectivity index is 2.49. The van der Waals surface area contributed by atoms with Gasteiger partial charge in [-0.05, 0) is 18.4 Å². The summed E-state index contributed by atoms with van der Waals surface area (Å²) in [6.07, 6.45) is 3.81. The molecule has 0 aliphatic heterocycles. The predicted octanol–water partition coefficient (Wildman–Crippen LogP) is 0.666. The van der Waals surface area contributed by atoms with E-state index in [0.29, 0.717) is 5.92 Å². The third-order valence-corrected chi connectivity index (χ3v) is 3.61. The highest BCUT2D eigenvalue weighted by molar-refractivity contribution is 7.89. The van der Waals surface area contributed by atoms with Gasteiger partial charge in [-0.15, -0.1) is 0 Å². The molecule has 92 valence electrons. The van der Waals surface area contributed by atoms with E-state index in [1.807, 2.05) is 0 Å². The summed E-state index contributed by atoms with van der Waals surface area (Å²) in [5.41, 5.74) is 5.80. The third kappa shape index (κ3) is 3.96. The fourth-order valence-corrected chi connectivity index (χ4v) is 2.54. The van der Waals surface area contributed by atoms with Crippen molar-refractivity contribution in [3.63, 3.8) is 0 Å². The second-order valence-electron chi connectivity index (χ2n) is 4.29. The van der Waals surface area contributed by atoms with E-state index in [0.717, 1.165) is 6.42 Å². The van der Waals surface area contributed by atoms with Crippen LogP contribution >= 0.6 is 0 Å². The Hall–Kier alpha value is -0.850. The van der Waals surface area contributed by atoms with Gasteiger partial charge in [-0.25, -0.2) is 13.1 Å². The molecule has 4 N–H and O–H groups in total. The molecule has 1 rings (SSSR count). The highest BCUT2D eigenvalue weighted by Gasteiger charge is 2.15. The minimum atomic E-state index is -3.41. The van der Waals surface area contributed by atoms with E-state index >= 15 is 0 Å². The van der Waals surface area contributed by atoms with Gasteiger partial charge in [0.05, 0.1) is 4.90 Å². The van der Waals surface area contributed by atoms with Crippen molar-refractivity contribution < 1.29 is 8.42 Å². The fourth-order valence-electron chi connectivity index (χ4n) is 1.46. The molecule has 1 atom stereocenters. The van der Waals surface area contributed by atoms with Crippen LogP contribution in [0.5, 0.6) is 0 Å². The van der Waals surface area contributed by atoms with Crippen molar-refractivity contribution in [2.24, 2.45) is 11.7 Å². The summed E-state index contributed by atoms with van der Waals surface area (Å²) in [4.78, 5) is 2.95. The van der Waals surface area contributed by atoms with Crippen LogP contribution in [0.25, 0.3) is 0 Å². The molecule has 0 saturated heterocycles. The van der Waals surface area contributed by atoms with Crippen molar-refractivity contribution in [2.45, 2.75) is 31.2 Å². The molecule has 1 heterocycles. The molecule has 0 bridgehead atoms. The minimum absolute atomic E-state index is 0.145. The van der Waals surface area contributed by atoms with E-state index in [4.69, 9.17) is 5.73 Å². The lowest BCUT2D eigenvalue weighted by molar-refractivity contribution is 0.486. The van der Waals surface area contributed by atoms with Crippen LogP contribution < -0.4 is 10.5 Å². The SMILES string of the molecule is CC(C)CC(N)CNS(=O)(=O)c1cc[nH]c1. The third-order valence-electron chi connectivity index (χ3n) is 2.19. The molecule has 0 spiro atoms. The van der Waals surface area contributed by atoms with Gasteiger partial charge >= 0.3 is 0 Å². The number of nitrogens with two attached hydrogens (primary N) is 1. The average Bonchev–Trinajstić information content (AvgIpc) is 2.67. The van der Waals surface area contributed by atoms with Crippen molar-refractivity contribution >= 4 is 10.0 Å². The zero-order valence-electron chi connectivity index (χ0n) is 9.60. The molecule has 16 heavy (non-hydrogen) atoms. The molecule has 0 aromatic carbocycles. The van der Waals surface area contributed by atoms with Gasteiger partial charge in [0.15, 0.2) is 0 Å². The zero-order valence-corrected chi connectivity index (χ0v) is 10.4. The van der Waals surface area contributed by atoms with E-state index in [-0.39, 0.29) is 17.5 Å². The molecule has 0 aliphatic carbocycles. The van der Waals surface area contributed by atoms with Crippen LogP contribution in [0.2, 0.25) is 0 Å². The second kappa shape index (κ2) is 5.47. The number of sulfonamides is 1. The maximum absolute atomic E-state index is 11.7. The number of nitrogens with one attached hydrogen (secondary N) is 2. The first kappa shape index (κ1) is 13.2. The van der Waals surface area contributed by atoms with E-state index < -0.39 is 10.0 Å². The summed E-state index contributed by atoms with van der Waals surface area (Å²) in [5, 5.41) is 0. The number of H-pyrrole nitrogens is 1. The highest BCUT2D eigenvalue weighted by atomic mass is 32.2. The van der Waals surface area contributed by atoms with Gasteiger partial charge in [0.2, 0.25) is 10.0 Å². The number of hydrogen-bond acceptors (Lipinski definition) is 3. The minimum Gasteiger partial charge on any atom is -0.366 e. The molecule has 1 aromatic heterocycles. The topological polar surface area (TPSA) is 88.0 Å². The zero-order chi connectivity index (χ0) is 12.2. The smallest absolute Gasteiger partial charge is 0.242 e. The van der Waals surface area contributed by atoms with E-state index in [1.165, 1.54) is 12.3 Å². The molecule has 0 saturated carbocycles. The highest BCUT2D eigenvalue weighted by Crippen LogP contribution is 2.07. The first-order valence-corrected chi connectivity index (χ1v) is 6.78. The van der Waals surface area contributed by atoms with Crippen molar-refractivity contribution in [3.8, 4) is 0 Å². The van der Waals surface area contributed by atoms with Crippen LogP contribution in [0, 0.1) is 5.92 Å². The molecular formula is C10H19N3O2S. The monoisotopic (exact) mass is 245 g/mol. The Bertz CT molecular complexity index is 398. The normalized spacial score (nSPS) is 14.2. The van der Waals surface area contributed by atoms with Gasteiger partial charge in [0.25, 0.3) is 0 Å². The molecule has 0 aliphatic rings. The Morgan fingerprint density at radius 3 is 2.69 bits per heavy atom. The first-order valence-electron chi connectivity index (χ1n) is 5.30. The molecule has 0 amide bonds. The van der Waals surface area contributed by atoms with Crippen molar-refractivity contribution in [2.75, 3.05) is 6.54 Å². The Labute approximate surface area is 96.5 Å². The van der Waals surface area contributed by atoms with Crippen LogP contribution in [0.1, 0.15) is 20.3 Å². The van der Waals surface area contributed by atoms with Crippen molar-refractivity contribution in [1.82, 2.24) is 9.71 Å². The largest absolute Gasteiger partial charge is 0.366 e. The van der Waals surface area contributed by atoms with Crippen LogP contribution in [-0.2, 0) is 10.0 Å². The molecule has 5 nitrogen and oxygen atoms in total. The standard InChI is InChI=1S/C10H19N3O2S/c1-8(2)5-9(11)6-13-16(14,15)10-3-4-12-7-10/h3-4,7-9,12-13H,5-6,11H2,1-2H3. The number of aromatic nitrogens is 1. The Morgan fingerprint density at radius 1 is 1.50 bits per heavy atom. The molecule has 1 aromatic rings. The van der Waals surface area contributed by atoms with Gasteiger partial charge in [-0.3, -0.25) is 0 Å². The van der Waals surface area contributed by atoms with Crippen LogP contribution in [0.4, 0.5) is 0 Å². The maximum Gasteiger partial charge on any atom is 0.242 e. The molecule has 0 radical (unpaired) electrons. The summed E-state index contributed by atoms with van der Waals surface area (Å²) >= 11 is 0. The van der Waals surface area contributed by atoms with Crippen LogP contribution in [0.15, 0.2) is 23.4 Å². The van der Waals surface area contributed by atoms with E-state index in [1.54, 1.807) is 6.20 Å². The average molecular weight is 245 g/mol. The predicted molar refractivity (Wildman–Crippen MR) is 63.4 cm³/mol. The van der Waals surface area contributed by atoms with Gasteiger partial charge in [-0.1, -0.05) is 13.8 Å². The lowest BCUT2D eigenvalue weighted by atomic mass is 10.1. The Kier molecular flexibility index (Phi) is 4.52. The molecular weight excluding hydrogens is 226 g/mol. The van der Waals surface area contributed by atoms with Gasteiger partial charge in [-0.2, -0.15) is 0 Å². The van der Waals surface area contributed by atoms with Crippen molar-refractivity contribution in [3.05, 3.63) is 18.5 Å². The van der Waals surface area contributed by atoms with Gasteiger partial charge < -0.3 is 10.7 Å². The maximum atomic E-state index is 11.7. The van der Waals surface area contributed by atoms with Crippen molar-refractivity contribution in [1.29, 1.82) is 0 Å². The summed E-state index contributed by atoms with van der Waals surface area (Å²) in [5.74, 6) is 0.465. The van der Waals surface area contributed by atoms with Crippen LogP contribution in [0.3, 0.4) is 0 Å². The first-order chi connectivity index (χ1) is 7.42. The number of hydrogen-bond donors (Lipinski definition) is 3. The van der Waals surface area contributed by atoms with Gasteiger partial charge in [0, 0.05) is 25.0 Å². The van der Waals surface area contributed by atoms with E-state index in [2.05, 4.69) is 23.6 Å². The lowest BCUT2D eigenvalue weighted by Crippen LogP contribution is -2.37.